The van der Waals surface area contributed by atoms with Gasteiger partial charge in [-0.05, 0) is 60.6 Å². The molecule has 3 fully saturated rings. The Morgan fingerprint density at radius 2 is 1.89 bits per heavy atom. The maximum atomic E-state index is 12.4. The van der Waals surface area contributed by atoms with Gasteiger partial charge in [0.2, 0.25) is 10.0 Å². The molecule has 2 N–H and O–H groups in total. The molecule has 1 aromatic carbocycles. The highest BCUT2D eigenvalue weighted by Gasteiger charge is 2.57. The average Bonchev–Trinajstić information content (AvgIpc) is 3.31. The molecular weight excluding hydrogens is 360 g/mol. The van der Waals surface area contributed by atoms with Crippen molar-refractivity contribution in [2.75, 3.05) is 13.2 Å². The summed E-state index contributed by atoms with van der Waals surface area (Å²) in [4.78, 5) is 0.323. The van der Waals surface area contributed by atoms with Crippen LogP contribution in [0.25, 0.3) is 0 Å². The number of fused-ring (bicyclic) bond motifs is 1. The standard InChI is InChI=1S/C21H32N2O3S/c1-21(2)19-7-3-6-18(19)20(21)22-13-15-8-10-17(11-9-15)27(24,25)23-14-16-5-4-12-26-16/h8-11,16,18-20,22-23H,3-7,12-14H2,1-2H3/t16?,18-,19+,20?/m1/s1. The molecule has 1 aromatic rings. The summed E-state index contributed by atoms with van der Waals surface area (Å²) in [6, 6.07) is 7.83. The van der Waals surface area contributed by atoms with Gasteiger partial charge in [-0.25, -0.2) is 13.1 Å². The van der Waals surface area contributed by atoms with E-state index in [9.17, 15) is 8.42 Å². The van der Waals surface area contributed by atoms with Gasteiger partial charge < -0.3 is 10.1 Å². The van der Waals surface area contributed by atoms with E-state index in [0.717, 1.165) is 43.4 Å². The van der Waals surface area contributed by atoms with Gasteiger partial charge in [0.1, 0.15) is 0 Å². The Morgan fingerprint density at radius 3 is 2.59 bits per heavy atom. The molecule has 4 atom stereocenters. The molecule has 4 rings (SSSR count). The van der Waals surface area contributed by atoms with Crippen molar-refractivity contribution in [2.45, 2.75) is 69.5 Å². The zero-order valence-electron chi connectivity index (χ0n) is 16.4. The van der Waals surface area contributed by atoms with Gasteiger partial charge in [0.15, 0.2) is 0 Å². The molecule has 6 heteroatoms. The number of rotatable bonds is 7. The van der Waals surface area contributed by atoms with E-state index in [1.165, 1.54) is 19.3 Å². The molecule has 0 aromatic heterocycles. The smallest absolute Gasteiger partial charge is 0.240 e. The molecule has 150 valence electrons. The van der Waals surface area contributed by atoms with Crippen LogP contribution in [0.2, 0.25) is 0 Å². The lowest BCUT2D eigenvalue weighted by Gasteiger charge is -2.56. The highest BCUT2D eigenvalue weighted by molar-refractivity contribution is 7.89. The average molecular weight is 393 g/mol. The Labute approximate surface area is 163 Å². The predicted octanol–water partition coefficient (Wildman–Crippen LogP) is 3.06. The topological polar surface area (TPSA) is 67.4 Å². The number of ether oxygens (including phenoxy) is 1. The van der Waals surface area contributed by atoms with Crippen LogP contribution in [0.5, 0.6) is 0 Å². The van der Waals surface area contributed by atoms with E-state index in [2.05, 4.69) is 23.9 Å². The van der Waals surface area contributed by atoms with Crippen molar-refractivity contribution in [1.29, 1.82) is 0 Å². The largest absolute Gasteiger partial charge is 0.377 e. The van der Waals surface area contributed by atoms with Crippen LogP contribution in [0.1, 0.15) is 51.5 Å². The number of nitrogens with one attached hydrogen (secondary N) is 2. The molecule has 1 aliphatic heterocycles. The van der Waals surface area contributed by atoms with E-state index in [4.69, 9.17) is 4.74 Å². The molecule has 27 heavy (non-hydrogen) atoms. The molecular formula is C21H32N2O3S. The Kier molecular flexibility index (Phi) is 5.36. The van der Waals surface area contributed by atoms with Crippen molar-refractivity contribution >= 4 is 10.0 Å². The Morgan fingerprint density at radius 1 is 1.11 bits per heavy atom. The van der Waals surface area contributed by atoms with Gasteiger partial charge >= 0.3 is 0 Å². The highest BCUT2D eigenvalue weighted by atomic mass is 32.2. The van der Waals surface area contributed by atoms with Crippen molar-refractivity contribution in [3.63, 3.8) is 0 Å². The number of hydrogen-bond acceptors (Lipinski definition) is 4. The third kappa shape index (κ3) is 3.82. The van der Waals surface area contributed by atoms with Gasteiger partial charge in [-0.2, -0.15) is 0 Å². The second-order valence-corrected chi connectivity index (χ2v) is 10.8. The summed E-state index contributed by atoms with van der Waals surface area (Å²) in [6.07, 6.45) is 6.02. The van der Waals surface area contributed by atoms with E-state index >= 15 is 0 Å². The molecule has 0 amide bonds. The molecule has 0 spiro atoms. The predicted molar refractivity (Wildman–Crippen MR) is 106 cm³/mol. The molecule has 2 saturated carbocycles. The summed E-state index contributed by atoms with van der Waals surface area (Å²) in [5.41, 5.74) is 1.50. The van der Waals surface area contributed by atoms with Crippen LogP contribution in [0.3, 0.4) is 0 Å². The summed E-state index contributed by atoms with van der Waals surface area (Å²) in [6.45, 7) is 6.64. The van der Waals surface area contributed by atoms with E-state index in [1.807, 2.05) is 12.1 Å². The first kappa shape index (κ1) is 19.4. The molecule has 2 aliphatic carbocycles. The quantitative estimate of drug-likeness (QED) is 0.748. The Hall–Kier alpha value is -0.950. The van der Waals surface area contributed by atoms with Crippen LogP contribution in [-0.4, -0.2) is 33.7 Å². The molecule has 5 nitrogen and oxygen atoms in total. The molecule has 1 heterocycles. The van der Waals surface area contributed by atoms with Crippen molar-refractivity contribution in [1.82, 2.24) is 10.0 Å². The SMILES string of the molecule is CC1(C)C(NCc2ccc(S(=O)(=O)NCC3CCCO3)cc2)[C@@H]2CCC[C@@H]21. The normalized spacial score (nSPS) is 32.2. The summed E-state index contributed by atoms with van der Waals surface area (Å²) < 4.78 is 33.1. The zero-order chi connectivity index (χ0) is 19.1. The summed E-state index contributed by atoms with van der Waals surface area (Å²) in [7, 11) is -3.47. The first-order chi connectivity index (χ1) is 12.9. The lowest BCUT2D eigenvalue weighted by molar-refractivity contribution is -0.0415. The highest BCUT2D eigenvalue weighted by Crippen LogP contribution is 2.58. The maximum Gasteiger partial charge on any atom is 0.240 e. The zero-order valence-corrected chi connectivity index (χ0v) is 17.2. The van der Waals surface area contributed by atoms with Crippen molar-refractivity contribution in [3.8, 4) is 0 Å². The second-order valence-electron chi connectivity index (χ2n) is 9.01. The number of sulfonamides is 1. The summed E-state index contributed by atoms with van der Waals surface area (Å²) in [5.74, 6) is 1.69. The van der Waals surface area contributed by atoms with Gasteiger partial charge in [-0.15, -0.1) is 0 Å². The van der Waals surface area contributed by atoms with Crippen LogP contribution in [0.4, 0.5) is 0 Å². The Balaban J connectivity index is 1.32. The first-order valence-corrected chi connectivity index (χ1v) is 11.8. The van der Waals surface area contributed by atoms with Gasteiger partial charge in [-0.3, -0.25) is 0 Å². The fraction of sp³-hybridized carbons (Fsp3) is 0.714. The maximum absolute atomic E-state index is 12.4. The molecule has 3 aliphatic rings. The molecule has 2 unspecified atom stereocenters. The number of hydrogen-bond donors (Lipinski definition) is 2. The second kappa shape index (κ2) is 7.47. The minimum atomic E-state index is -3.47. The minimum absolute atomic E-state index is 0.00786. The monoisotopic (exact) mass is 392 g/mol. The third-order valence-corrected chi connectivity index (χ3v) is 8.48. The van der Waals surface area contributed by atoms with Crippen LogP contribution in [-0.2, 0) is 21.3 Å². The van der Waals surface area contributed by atoms with Gasteiger partial charge in [0.05, 0.1) is 11.0 Å². The first-order valence-electron chi connectivity index (χ1n) is 10.3. The van der Waals surface area contributed by atoms with Crippen molar-refractivity contribution in [3.05, 3.63) is 29.8 Å². The van der Waals surface area contributed by atoms with Gasteiger partial charge in [0, 0.05) is 25.7 Å². The Bertz CT molecular complexity index is 754. The van der Waals surface area contributed by atoms with Crippen LogP contribution >= 0.6 is 0 Å². The molecule has 1 saturated heterocycles. The van der Waals surface area contributed by atoms with Crippen LogP contribution < -0.4 is 10.0 Å². The van der Waals surface area contributed by atoms with E-state index in [-0.39, 0.29) is 6.10 Å². The van der Waals surface area contributed by atoms with Crippen molar-refractivity contribution in [2.24, 2.45) is 17.3 Å². The molecule has 0 radical (unpaired) electrons. The van der Waals surface area contributed by atoms with E-state index in [1.54, 1.807) is 12.1 Å². The minimum Gasteiger partial charge on any atom is -0.377 e. The fourth-order valence-corrected chi connectivity index (χ4v) is 6.56. The van der Waals surface area contributed by atoms with Crippen LogP contribution in [0, 0.1) is 17.3 Å². The summed E-state index contributed by atoms with van der Waals surface area (Å²) in [5, 5.41) is 3.74. The fourth-order valence-electron chi connectivity index (χ4n) is 5.50. The van der Waals surface area contributed by atoms with E-state index in [0.29, 0.717) is 22.9 Å². The molecule has 0 bridgehead atoms. The summed E-state index contributed by atoms with van der Waals surface area (Å²) >= 11 is 0. The number of benzene rings is 1. The van der Waals surface area contributed by atoms with E-state index < -0.39 is 10.0 Å². The van der Waals surface area contributed by atoms with Crippen LogP contribution in [0.15, 0.2) is 29.2 Å². The lowest BCUT2D eigenvalue weighted by atomic mass is 9.53. The third-order valence-electron chi connectivity index (χ3n) is 7.04. The van der Waals surface area contributed by atoms with Gasteiger partial charge in [0.25, 0.3) is 0 Å². The van der Waals surface area contributed by atoms with Crippen molar-refractivity contribution < 1.29 is 13.2 Å². The lowest BCUT2D eigenvalue weighted by Crippen LogP contribution is -2.61. The van der Waals surface area contributed by atoms with Gasteiger partial charge in [-0.1, -0.05) is 32.4 Å².